The van der Waals surface area contributed by atoms with Gasteiger partial charge < -0.3 is 5.11 Å². The molecule has 0 saturated heterocycles. The second-order valence-electron chi connectivity index (χ2n) is 4.44. The molecule has 0 aliphatic rings. The predicted molar refractivity (Wildman–Crippen MR) is 83.6 cm³/mol. The van der Waals surface area contributed by atoms with Gasteiger partial charge in [0.15, 0.2) is 0 Å². The van der Waals surface area contributed by atoms with Gasteiger partial charge in [-0.3, -0.25) is 0 Å². The summed E-state index contributed by atoms with van der Waals surface area (Å²) in [5.41, 5.74) is 3.10. The maximum atomic E-state index is 9.64. The quantitative estimate of drug-likeness (QED) is 0.743. The summed E-state index contributed by atoms with van der Waals surface area (Å²) in [6.45, 7) is 3.90. The molecule has 0 aromatic heterocycles. The van der Waals surface area contributed by atoms with Crippen molar-refractivity contribution in [2.24, 2.45) is 0 Å². The van der Waals surface area contributed by atoms with Crippen LogP contribution in [0.1, 0.15) is 16.7 Å². The number of phenols is 1. The van der Waals surface area contributed by atoms with Crippen LogP contribution in [-0.4, -0.2) is 5.11 Å². The van der Waals surface area contributed by atoms with Gasteiger partial charge in [0.05, 0.1) is 10.0 Å². The molecule has 19 heavy (non-hydrogen) atoms. The standard InChI is InChI=1S/C15H14Cl2OS/c1-9-6-15(10(2)5-14(9)18)19-8-11-3-4-12(16)13(17)7-11/h3-7,18H,8H2,1-2H3. The minimum absolute atomic E-state index is 0.344. The second kappa shape index (κ2) is 6.08. The summed E-state index contributed by atoms with van der Waals surface area (Å²) in [6, 6.07) is 9.48. The third kappa shape index (κ3) is 3.59. The van der Waals surface area contributed by atoms with E-state index < -0.39 is 0 Å². The van der Waals surface area contributed by atoms with E-state index in [1.54, 1.807) is 17.8 Å². The van der Waals surface area contributed by atoms with Crippen LogP contribution in [0.5, 0.6) is 5.75 Å². The summed E-state index contributed by atoms with van der Waals surface area (Å²) in [6.07, 6.45) is 0. The van der Waals surface area contributed by atoms with E-state index in [-0.39, 0.29) is 0 Å². The van der Waals surface area contributed by atoms with Crippen molar-refractivity contribution < 1.29 is 5.11 Å². The highest BCUT2D eigenvalue weighted by atomic mass is 35.5. The summed E-state index contributed by atoms with van der Waals surface area (Å²) in [7, 11) is 0. The van der Waals surface area contributed by atoms with Crippen molar-refractivity contribution in [2.75, 3.05) is 0 Å². The van der Waals surface area contributed by atoms with Crippen molar-refractivity contribution in [3.05, 3.63) is 57.1 Å². The van der Waals surface area contributed by atoms with E-state index in [0.717, 1.165) is 22.4 Å². The molecule has 0 heterocycles. The number of halogens is 2. The number of hydrogen-bond donors (Lipinski definition) is 1. The molecule has 0 fully saturated rings. The lowest BCUT2D eigenvalue weighted by atomic mass is 10.1. The Kier molecular flexibility index (Phi) is 4.67. The Morgan fingerprint density at radius 3 is 2.42 bits per heavy atom. The van der Waals surface area contributed by atoms with Gasteiger partial charge in [-0.1, -0.05) is 29.3 Å². The molecule has 0 aliphatic carbocycles. The summed E-state index contributed by atoms with van der Waals surface area (Å²) in [5.74, 6) is 1.17. The van der Waals surface area contributed by atoms with Crippen molar-refractivity contribution in [2.45, 2.75) is 24.5 Å². The van der Waals surface area contributed by atoms with Gasteiger partial charge in [-0.15, -0.1) is 11.8 Å². The molecule has 0 radical (unpaired) electrons. The number of rotatable bonds is 3. The number of benzene rings is 2. The van der Waals surface area contributed by atoms with Gasteiger partial charge in [0.2, 0.25) is 0 Å². The molecule has 0 unspecified atom stereocenters. The molecular weight excluding hydrogens is 299 g/mol. The zero-order chi connectivity index (χ0) is 14.0. The van der Waals surface area contributed by atoms with Crippen LogP contribution in [0.15, 0.2) is 35.2 Å². The summed E-state index contributed by atoms with van der Waals surface area (Å²) < 4.78 is 0. The normalized spacial score (nSPS) is 10.7. The Bertz CT molecular complexity index is 611. The van der Waals surface area contributed by atoms with E-state index in [1.807, 2.05) is 38.1 Å². The molecule has 2 aromatic carbocycles. The minimum atomic E-state index is 0.344. The van der Waals surface area contributed by atoms with Gasteiger partial charge in [0, 0.05) is 10.6 Å². The van der Waals surface area contributed by atoms with Gasteiger partial charge >= 0.3 is 0 Å². The van der Waals surface area contributed by atoms with E-state index in [2.05, 4.69) is 0 Å². The van der Waals surface area contributed by atoms with Gasteiger partial charge in [0.25, 0.3) is 0 Å². The smallest absolute Gasteiger partial charge is 0.118 e. The third-order valence-electron chi connectivity index (χ3n) is 2.87. The average Bonchev–Trinajstić information content (AvgIpc) is 2.36. The van der Waals surface area contributed by atoms with Crippen molar-refractivity contribution >= 4 is 35.0 Å². The molecule has 0 spiro atoms. The maximum absolute atomic E-state index is 9.64. The zero-order valence-electron chi connectivity index (χ0n) is 10.7. The van der Waals surface area contributed by atoms with Gasteiger partial charge in [-0.05, 0) is 54.8 Å². The van der Waals surface area contributed by atoms with Crippen LogP contribution in [0.3, 0.4) is 0 Å². The molecule has 2 rings (SSSR count). The molecule has 0 amide bonds. The second-order valence-corrected chi connectivity index (χ2v) is 6.27. The Morgan fingerprint density at radius 1 is 1.00 bits per heavy atom. The Balaban J connectivity index is 2.14. The first-order chi connectivity index (χ1) is 8.97. The van der Waals surface area contributed by atoms with Gasteiger partial charge in [-0.2, -0.15) is 0 Å². The molecule has 4 heteroatoms. The van der Waals surface area contributed by atoms with Gasteiger partial charge in [-0.25, -0.2) is 0 Å². The number of aromatic hydroxyl groups is 1. The van der Waals surface area contributed by atoms with Crippen molar-refractivity contribution in [3.63, 3.8) is 0 Å². The molecule has 0 bridgehead atoms. The summed E-state index contributed by atoms with van der Waals surface area (Å²) in [4.78, 5) is 1.17. The lowest BCUT2D eigenvalue weighted by Crippen LogP contribution is -1.86. The van der Waals surface area contributed by atoms with Crippen molar-refractivity contribution in [3.8, 4) is 5.75 Å². The summed E-state index contributed by atoms with van der Waals surface area (Å²) in [5, 5.41) is 10.8. The third-order valence-corrected chi connectivity index (χ3v) is 4.84. The van der Waals surface area contributed by atoms with Crippen LogP contribution in [0, 0.1) is 13.8 Å². The molecule has 0 aliphatic heterocycles. The molecular formula is C15H14Cl2OS. The Labute approximate surface area is 127 Å². The minimum Gasteiger partial charge on any atom is -0.508 e. The van der Waals surface area contributed by atoms with Crippen LogP contribution in [0.25, 0.3) is 0 Å². The largest absolute Gasteiger partial charge is 0.508 e. The molecule has 0 saturated carbocycles. The molecule has 0 atom stereocenters. The molecule has 1 nitrogen and oxygen atoms in total. The van der Waals surface area contributed by atoms with E-state index in [9.17, 15) is 5.11 Å². The van der Waals surface area contributed by atoms with E-state index in [1.165, 1.54) is 4.90 Å². The SMILES string of the molecule is Cc1cc(SCc2ccc(Cl)c(Cl)c2)c(C)cc1O. The van der Waals surface area contributed by atoms with Crippen LogP contribution in [0.4, 0.5) is 0 Å². The van der Waals surface area contributed by atoms with Crippen molar-refractivity contribution in [1.82, 2.24) is 0 Å². The highest BCUT2D eigenvalue weighted by Gasteiger charge is 2.06. The van der Waals surface area contributed by atoms with E-state index in [4.69, 9.17) is 23.2 Å². The fourth-order valence-electron chi connectivity index (χ4n) is 1.72. The fraction of sp³-hybridized carbons (Fsp3) is 0.200. The van der Waals surface area contributed by atoms with Crippen molar-refractivity contribution in [1.29, 1.82) is 0 Å². The lowest BCUT2D eigenvalue weighted by molar-refractivity contribution is 0.470. The first-order valence-electron chi connectivity index (χ1n) is 5.84. The first kappa shape index (κ1) is 14.6. The van der Waals surface area contributed by atoms with Gasteiger partial charge in [0.1, 0.15) is 5.75 Å². The number of aryl methyl sites for hydroxylation is 2. The molecule has 2 aromatic rings. The predicted octanol–water partition coefficient (Wildman–Crippen LogP) is 5.61. The Hall–Kier alpha value is -0.830. The number of hydrogen-bond acceptors (Lipinski definition) is 2. The van der Waals surface area contributed by atoms with Crippen LogP contribution in [0.2, 0.25) is 10.0 Å². The number of thioether (sulfide) groups is 1. The monoisotopic (exact) mass is 312 g/mol. The van der Waals surface area contributed by atoms with E-state index in [0.29, 0.717) is 15.8 Å². The molecule has 100 valence electrons. The zero-order valence-corrected chi connectivity index (χ0v) is 13.0. The highest BCUT2D eigenvalue weighted by Crippen LogP contribution is 2.32. The lowest BCUT2D eigenvalue weighted by Gasteiger charge is -2.09. The Morgan fingerprint density at radius 2 is 1.74 bits per heavy atom. The van der Waals surface area contributed by atoms with Crippen LogP contribution in [-0.2, 0) is 5.75 Å². The summed E-state index contributed by atoms with van der Waals surface area (Å²) >= 11 is 13.6. The fourth-order valence-corrected chi connectivity index (χ4v) is 3.09. The topological polar surface area (TPSA) is 20.2 Å². The maximum Gasteiger partial charge on any atom is 0.118 e. The molecule has 1 N–H and O–H groups in total. The average molecular weight is 313 g/mol. The highest BCUT2D eigenvalue weighted by molar-refractivity contribution is 7.98. The van der Waals surface area contributed by atoms with Crippen LogP contribution < -0.4 is 0 Å². The number of phenolic OH excluding ortho intramolecular Hbond substituents is 1. The van der Waals surface area contributed by atoms with E-state index >= 15 is 0 Å². The first-order valence-corrected chi connectivity index (χ1v) is 7.58. The van der Waals surface area contributed by atoms with Crippen LogP contribution >= 0.6 is 35.0 Å².